The number of methoxy groups -OCH3 is 1. The molecule has 0 radical (unpaired) electrons. The molecule has 0 fully saturated rings. The third-order valence-electron chi connectivity index (χ3n) is 1.64. The molecule has 0 aliphatic carbocycles. The fraction of sp³-hybridized carbons (Fsp3) is 0.333. The first-order chi connectivity index (χ1) is 5.74. The van der Waals surface area contributed by atoms with Crippen LogP contribution in [0.5, 0.6) is 0 Å². The lowest BCUT2D eigenvalue weighted by Gasteiger charge is -2.09. The van der Waals surface area contributed by atoms with Crippen LogP contribution in [0.3, 0.4) is 0 Å². The molecule has 1 aromatic rings. The van der Waals surface area contributed by atoms with Crippen LogP contribution in [-0.4, -0.2) is 13.7 Å². The predicted octanol–water partition coefficient (Wildman–Crippen LogP) is 1.47. The summed E-state index contributed by atoms with van der Waals surface area (Å²) in [6.07, 6.45) is 0. The third kappa shape index (κ3) is 2.29. The Morgan fingerprint density at radius 1 is 1.42 bits per heavy atom. The van der Waals surface area contributed by atoms with E-state index in [1.165, 1.54) is 12.1 Å². The standard InChI is InChI=1S/C9H12FNO/c1-12-6-9(11)7-2-4-8(10)5-3-7/h2-5,9H,6,11H2,1H3/t9-/m0/s1. The molecule has 1 atom stereocenters. The summed E-state index contributed by atoms with van der Waals surface area (Å²) >= 11 is 0. The maximum atomic E-state index is 12.5. The van der Waals surface area contributed by atoms with Gasteiger partial charge in [0, 0.05) is 7.11 Å². The second-order valence-electron chi connectivity index (χ2n) is 2.61. The molecule has 2 N–H and O–H groups in total. The summed E-state index contributed by atoms with van der Waals surface area (Å²) in [7, 11) is 1.59. The molecule has 0 unspecified atom stereocenters. The van der Waals surface area contributed by atoms with E-state index in [1.807, 2.05) is 0 Å². The van der Waals surface area contributed by atoms with Crippen LogP contribution in [0.1, 0.15) is 11.6 Å². The Hall–Kier alpha value is -0.930. The molecule has 0 saturated heterocycles. The van der Waals surface area contributed by atoms with Gasteiger partial charge < -0.3 is 10.5 Å². The fourth-order valence-electron chi connectivity index (χ4n) is 0.986. The van der Waals surface area contributed by atoms with Crippen molar-refractivity contribution < 1.29 is 9.13 Å². The lowest BCUT2D eigenvalue weighted by molar-refractivity contribution is 0.181. The first-order valence-electron chi connectivity index (χ1n) is 3.74. The van der Waals surface area contributed by atoms with E-state index >= 15 is 0 Å². The van der Waals surface area contributed by atoms with Crippen molar-refractivity contribution in [2.24, 2.45) is 5.73 Å². The summed E-state index contributed by atoms with van der Waals surface area (Å²) in [5.41, 5.74) is 6.60. The SMILES string of the molecule is COC[C@H](N)c1ccc(F)cc1. The molecule has 0 aromatic heterocycles. The Morgan fingerprint density at radius 3 is 2.50 bits per heavy atom. The number of benzene rings is 1. The Labute approximate surface area is 71.1 Å². The fourth-order valence-corrected chi connectivity index (χ4v) is 0.986. The van der Waals surface area contributed by atoms with Crippen molar-refractivity contribution in [3.8, 4) is 0 Å². The minimum Gasteiger partial charge on any atom is -0.383 e. The predicted molar refractivity (Wildman–Crippen MR) is 45.2 cm³/mol. The minimum atomic E-state index is -0.247. The highest BCUT2D eigenvalue weighted by Gasteiger charge is 2.04. The van der Waals surface area contributed by atoms with Gasteiger partial charge in [0.1, 0.15) is 5.82 Å². The summed E-state index contributed by atoms with van der Waals surface area (Å²) in [5, 5.41) is 0. The highest BCUT2D eigenvalue weighted by molar-refractivity contribution is 5.19. The maximum Gasteiger partial charge on any atom is 0.123 e. The van der Waals surface area contributed by atoms with Crippen LogP contribution < -0.4 is 5.73 Å². The molecular weight excluding hydrogens is 157 g/mol. The Morgan fingerprint density at radius 2 is 2.00 bits per heavy atom. The van der Waals surface area contributed by atoms with Crippen molar-refractivity contribution in [1.82, 2.24) is 0 Å². The van der Waals surface area contributed by atoms with E-state index in [0.717, 1.165) is 5.56 Å². The Bertz CT molecular complexity index is 235. The summed E-state index contributed by atoms with van der Waals surface area (Å²) in [6.45, 7) is 0.450. The molecule has 3 heteroatoms. The van der Waals surface area contributed by atoms with Crippen LogP contribution in [0.25, 0.3) is 0 Å². The number of hydrogen-bond acceptors (Lipinski definition) is 2. The van der Waals surface area contributed by atoms with Gasteiger partial charge in [-0.3, -0.25) is 0 Å². The molecule has 0 bridgehead atoms. The van der Waals surface area contributed by atoms with Crippen LogP contribution in [0.15, 0.2) is 24.3 Å². The summed E-state index contributed by atoms with van der Waals surface area (Å²) in [4.78, 5) is 0. The molecule has 12 heavy (non-hydrogen) atoms. The number of halogens is 1. The van der Waals surface area contributed by atoms with E-state index in [-0.39, 0.29) is 11.9 Å². The first kappa shape index (κ1) is 9.16. The van der Waals surface area contributed by atoms with Crippen LogP contribution in [0.2, 0.25) is 0 Å². The Kier molecular flexibility index (Phi) is 3.19. The van der Waals surface area contributed by atoms with E-state index in [2.05, 4.69) is 0 Å². The highest BCUT2D eigenvalue weighted by atomic mass is 19.1. The topological polar surface area (TPSA) is 35.2 Å². The number of hydrogen-bond donors (Lipinski definition) is 1. The number of rotatable bonds is 3. The van der Waals surface area contributed by atoms with Gasteiger partial charge in [0.15, 0.2) is 0 Å². The van der Waals surface area contributed by atoms with E-state index in [0.29, 0.717) is 6.61 Å². The van der Waals surface area contributed by atoms with Crippen LogP contribution in [0, 0.1) is 5.82 Å². The molecular formula is C9H12FNO. The second-order valence-corrected chi connectivity index (χ2v) is 2.61. The van der Waals surface area contributed by atoms with Crippen LogP contribution in [0.4, 0.5) is 4.39 Å². The van der Waals surface area contributed by atoms with Gasteiger partial charge in [0.05, 0.1) is 12.6 Å². The van der Waals surface area contributed by atoms with Crippen molar-refractivity contribution in [3.05, 3.63) is 35.6 Å². The molecule has 0 heterocycles. The van der Waals surface area contributed by atoms with Gasteiger partial charge in [-0.25, -0.2) is 4.39 Å². The first-order valence-corrected chi connectivity index (χ1v) is 3.74. The van der Waals surface area contributed by atoms with Gasteiger partial charge >= 0.3 is 0 Å². The molecule has 66 valence electrons. The van der Waals surface area contributed by atoms with Gasteiger partial charge in [0.2, 0.25) is 0 Å². The Balaban J connectivity index is 2.68. The number of nitrogens with two attached hydrogens (primary N) is 1. The highest BCUT2D eigenvalue weighted by Crippen LogP contribution is 2.10. The smallest absolute Gasteiger partial charge is 0.123 e. The quantitative estimate of drug-likeness (QED) is 0.743. The molecule has 0 aliphatic rings. The zero-order valence-electron chi connectivity index (χ0n) is 6.96. The normalized spacial score (nSPS) is 12.9. The lowest BCUT2D eigenvalue weighted by Crippen LogP contribution is -2.15. The summed E-state index contributed by atoms with van der Waals surface area (Å²) < 4.78 is 17.3. The molecule has 0 aliphatic heterocycles. The van der Waals surface area contributed by atoms with Gasteiger partial charge in [-0.2, -0.15) is 0 Å². The van der Waals surface area contributed by atoms with Crippen molar-refractivity contribution in [1.29, 1.82) is 0 Å². The average molecular weight is 169 g/mol. The summed E-state index contributed by atoms with van der Waals surface area (Å²) in [5.74, 6) is -0.247. The molecule has 2 nitrogen and oxygen atoms in total. The van der Waals surface area contributed by atoms with Crippen molar-refractivity contribution in [3.63, 3.8) is 0 Å². The van der Waals surface area contributed by atoms with Gasteiger partial charge in [-0.15, -0.1) is 0 Å². The molecule has 1 rings (SSSR count). The molecule has 0 amide bonds. The average Bonchev–Trinajstić information content (AvgIpc) is 2.06. The van der Waals surface area contributed by atoms with Crippen LogP contribution in [-0.2, 0) is 4.74 Å². The van der Waals surface area contributed by atoms with Crippen molar-refractivity contribution >= 4 is 0 Å². The maximum absolute atomic E-state index is 12.5. The molecule has 0 spiro atoms. The number of ether oxygens (including phenoxy) is 1. The largest absolute Gasteiger partial charge is 0.383 e. The van der Waals surface area contributed by atoms with Crippen LogP contribution >= 0.6 is 0 Å². The molecule has 1 aromatic carbocycles. The second kappa shape index (κ2) is 4.18. The zero-order chi connectivity index (χ0) is 8.97. The van der Waals surface area contributed by atoms with Gasteiger partial charge in [-0.1, -0.05) is 12.1 Å². The van der Waals surface area contributed by atoms with E-state index < -0.39 is 0 Å². The lowest BCUT2D eigenvalue weighted by atomic mass is 10.1. The van der Waals surface area contributed by atoms with E-state index in [1.54, 1.807) is 19.2 Å². The van der Waals surface area contributed by atoms with Crippen molar-refractivity contribution in [2.45, 2.75) is 6.04 Å². The molecule has 0 saturated carbocycles. The van der Waals surface area contributed by atoms with Gasteiger partial charge in [0.25, 0.3) is 0 Å². The third-order valence-corrected chi connectivity index (χ3v) is 1.64. The zero-order valence-corrected chi connectivity index (χ0v) is 6.96. The monoisotopic (exact) mass is 169 g/mol. The van der Waals surface area contributed by atoms with E-state index in [4.69, 9.17) is 10.5 Å². The van der Waals surface area contributed by atoms with E-state index in [9.17, 15) is 4.39 Å². The van der Waals surface area contributed by atoms with Gasteiger partial charge in [-0.05, 0) is 17.7 Å². The summed E-state index contributed by atoms with van der Waals surface area (Å²) in [6, 6.07) is 5.95. The van der Waals surface area contributed by atoms with Crippen molar-refractivity contribution in [2.75, 3.05) is 13.7 Å². The minimum absolute atomic E-state index is 0.171.